The van der Waals surface area contributed by atoms with Crippen molar-refractivity contribution in [1.29, 1.82) is 0 Å². The van der Waals surface area contributed by atoms with Gasteiger partial charge in [0, 0.05) is 22.5 Å². The highest BCUT2D eigenvalue weighted by atomic mass is 16.1. The average Bonchev–Trinajstić information content (AvgIpc) is 2.60. The van der Waals surface area contributed by atoms with Gasteiger partial charge in [-0.25, -0.2) is 0 Å². The van der Waals surface area contributed by atoms with Crippen molar-refractivity contribution < 1.29 is 9.59 Å². The molecule has 0 saturated heterocycles. The van der Waals surface area contributed by atoms with E-state index in [4.69, 9.17) is 5.73 Å². The number of ketones is 2. The molecule has 3 aromatic rings. The molecule has 4 nitrogen and oxygen atoms in total. The quantitative estimate of drug-likeness (QED) is 0.530. The second-order valence-electron chi connectivity index (χ2n) is 6.66. The fourth-order valence-corrected chi connectivity index (χ4v) is 3.55. The summed E-state index contributed by atoms with van der Waals surface area (Å²) in [5.41, 5.74) is 11.5. The molecule has 0 spiro atoms. The van der Waals surface area contributed by atoms with Crippen molar-refractivity contribution in [3.05, 3.63) is 88.0 Å². The maximum absolute atomic E-state index is 13.1. The lowest BCUT2D eigenvalue weighted by Crippen LogP contribution is -2.23. The van der Waals surface area contributed by atoms with E-state index in [1.165, 1.54) is 0 Å². The highest BCUT2D eigenvalue weighted by Crippen LogP contribution is 2.36. The zero-order valence-corrected chi connectivity index (χ0v) is 14.6. The van der Waals surface area contributed by atoms with E-state index in [0.717, 1.165) is 16.8 Å². The van der Waals surface area contributed by atoms with Crippen LogP contribution in [0.2, 0.25) is 0 Å². The summed E-state index contributed by atoms with van der Waals surface area (Å²) in [5.74, 6) is -0.397. The van der Waals surface area contributed by atoms with Crippen LogP contribution in [0.1, 0.15) is 43.0 Å². The lowest BCUT2D eigenvalue weighted by Gasteiger charge is -2.22. The predicted molar refractivity (Wildman–Crippen MR) is 103 cm³/mol. The van der Waals surface area contributed by atoms with Crippen LogP contribution in [0.4, 0.5) is 17.1 Å². The zero-order chi connectivity index (χ0) is 18.4. The number of carbonyl (C=O) groups is 2. The summed E-state index contributed by atoms with van der Waals surface area (Å²) in [7, 11) is 0. The summed E-state index contributed by atoms with van der Waals surface area (Å²) >= 11 is 0. The summed E-state index contributed by atoms with van der Waals surface area (Å²) in [6, 6.07) is 16.4. The summed E-state index contributed by atoms with van der Waals surface area (Å²) in [4.78, 5) is 26.0. The van der Waals surface area contributed by atoms with Gasteiger partial charge in [-0.05, 0) is 49.2 Å². The first-order valence-electron chi connectivity index (χ1n) is 8.42. The number of nitrogens with two attached hydrogens (primary N) is 1. The molecule has 4 heteroatoms. The van der Waals surface area contributed by atoms with Crippen molar-refractivity contribution in [2.24, 2.45) is 0 Å². The molecular formula is C22H18N2O2. The fraction of sp³-hybridized carbons (Fsp3) is 0.0909. The minimum atomic E-state index is -0.211. The molecule has 0 fully saturated rings. The van der Waals surface area contributed by atoms with Crippen molar-refractivity contribution in [3.63, 3.8) is 0 Å². The number of hydrogen-bond acceptors (Lipinski definition) is 4. The molecule has 3 aromatic carbocycles. The average molecular weight is 342 g/mol. The monoisotopic (exact) mass is 342 g/mol. The Kier molecular flexibility index (Phi) is 3.62. The molecule has 0 radical (unpaired) electrons. The number of anilines is 3. The Labute approximate surface area is 151 Å². The van der Waals surface area contributed by atoms with E-state index >= 15 is 0 Å². The molecule has 4 rings (SSSR count). The van der Waals surface area contributed by atoms with Crippen LogP contribution in [0.3, 0.4) is 0 Å². The summed E-state index contributed by atoms with van der Waals surface area (Å²) in [6.45, 7) is 4.03. The Hall–Kier alpha value is -3.40. The SMILES string of the molecule is Cc1cc(C)cc(Nc2ccc(N)c3c2C(=O)c2ccccc2C3=O)c1. The number of fused-ring (bicyclic) bond motifs is 2. The summed E-state index contributed by atoms with van der Waals surface area (Å²) in [6.07, 6.45) is 0. The third-order valence-corrected chi connectivity index (χ3v) is 4.61. The molecule has 0 aliphatic heterocycles. The van der Waals surface area contributed by atoms with Gasteiger partial charge in [0.1, 0.15) is 0 Å². The molecular weight excluding hydrogens is 324 g/mol. The molecule has 0 heterocycles. The van der Waals surface area contributed by atoms with E-state index in [-0.39, 0.29) is 17.1 Å². The third kappa shape index (κ3) is 2.47. The number of nitrogen functional groups attached to an aromatic ring is 1. The molecule has 0 aromatic heterocycles. The lowest BCUT2D eigenvalue weighted by atomic mass is 9.82. The molecule has 1 aliphatic rings. The van der Waals surface area contributed by atoms with Gasteiger partial charge >= 0.3 is 0 Å². The van der Waals surface area contributed by atoms with Crippen LogP contribution < -0.4 is 11.1 Å². The Morgan fingerprint density at radius 3 is 1.96 bits per heavy atom. The number of nitrogens with one attached hydrogen (secondary N) is 1. The van der Waals surface area contributed by atoms with Crippen molar-refractivity contribution in [2.75, 3.05) is 11.1 Å². The fourth-order valence-electron chi connectivity index (χ4n) is 3.55. The Morgan fingerprint density at radius 2 is 1.35 bits per heavy atom. The molecule has 1 aliphatic carbocycles. The maximum Gasteiger partial charge on any atom is 0.196 e. The van der Waals surface area contributed by atoms with E-state index in [0.29, 0.717) is 28.1 Å². The van der Waals surface area contributed by atoms with E-state index in [9.17, 15) is 9.59 Å². The van der Waals surface area contributed by atoms with Crippen molar-refractivity contribution >= 4 is 28.6 Å². The molecule has 3 N–H and O–H groups in total. The van der Waals surface area contributed by atoms with Crippen LogP contribution in [-0.4, -0.2) is 11.6 Å². The van der Waals surface area contributed by atoms with Gasteiger partial charge in [0.2, 0.25) is 0 Å². The number of benzene rings is 3. The smallest absolute Gasteiger partial charge is 0.196 e. The van der Waals surface area contributed by atoms with E-state index < -0.39 is 0 Å². The van der Waals surface area contributed by atoms with E-state index in [1.54, 1.807) is 36.4 Å². The van der Waals surface area contributed by atoms with Gasteiger partial charge < -0.3 is 11.1 Å². The van der Waals surface area contributed by atoms with Crippen molar-refractivity contribution in [3.8, 4) is 0 Å². The second-order valence-corrected chi connectivity index (χ2v) is 6.66. The highest BCUT2D eigenvalue weighted by Gasteiger charge is 2.33. The molecule has 0 unspecified atom stereocenters. The standard InChI is InChI=1S/C22H18N2O2/c1-12-9-13(2)11-14(10-12)24-18-8-7-17(23)19-20(18)22(26)16-6-4-3-5-15(16)21(19)25/h3-11,24H,23H2,1-2H3. The first-order chi connectivity index (χ1) is 12.5. The molecule has 0 amide bonds. The lowest BCUT2D eigenvalue weighted by molar-refractivity contribution is 0.0980. The Bertz CT molecular complexity index is 1060. The summed E-state index contributed by atoms with van der Waals surface area (Å²) < 4.78 is 0. The van der Waals surface area contributed by atoms with Gasteiger partial charge in [0.15, 0.2) is 11.6 Å². The third-order valence-electron chi connectivity index (χ3n) is 4.61. The molecule has 0 saturated carbocycles. The van der Waals surface area contributed by atoms with Gasteiger partial charge in [-0.1, -0.05) is 30.3 Å². The van der Waals surface area contributed by atoms with Crippen LogP contribution in [-0.2, 0) is 0 Å². The first kappa shape index (κ1) is 16.1. The normalized spacial score (nSPS) is 12.5. The molecule has 128 valence electrons. The molecule has 26 heavy (non-hydrogen) atoms. The van der Waals surface area contributed by atoms with Gasteiger partial charge in [0.25, 0.3) is 0 Å². The molecule has 0 atom stereocenters. The van der Waals surface area contributed by atoms with Crippen LogP contribution in [0, 0.1) is 13.8 Å². The molecule has 0 bridgehead atoms. The van der Waals surface area contributed by atoms with E-state index in [2.05, 4.69) is 11.4 Å². The zero-order valence-electron chi connectivity index (χ0n) is 14.6. The predicted octanol–water partition coefficient (Wildman–Crippen LogP) is 4.40. The Morgan fingerprint density at radius 1 is 0.769 bits per heavy atom. The topological polar surface area (TPSA) is 72.2 Å². The largest absolute Gasteiger partial charge is 0.398 e. The van der Waals surface area contributed by atoms with Gasteiger partial charge in [-0.15, -0.1) is 0 Å². The minimum absolute atomic E-state index is 0.186. The number of rotatable bonds is 2. The van der Waals surface area contributed by atoms with E-state index in [1.807, 2.05) is 26.0 Å². The Balaban J connectivity index is 1.89. The van der Waals surface area contributed by atoms with Gasteiger partial charge in [-0.2, -0.15) is 0 Å². The second kappa shape index (κ2) is 5.85. The van der Waals surface area contributed by atoms with Gasteiger partial charge in [-0.3, -0.25) is 9.59 Å². The van der Waals surface area contributed by atoms with Crippen LogP contribution in [0.25, 0.3) is 0 Å². The number of carbonyl (C=O) groups excluding carboxylic acids is 2. The van der Waals surface area contributed by atoms with Crippen LogP contribution in [0.15, 0.2) is 54.6 Å². The highest BCUT2D eigenvalue weighted by molar-refractivity contribution is 6.31. The van der Waals surface area contributed by atoms with Crippen molar-refractivity contribution in [2.45, 2.75) is 13.8 Å². The van der Waals surface area contributed by atoms with Crippen molar-refractivity contribution in [1.82, 2.24) is 0 Å². The minimum Gasteiger partial charge on any atom is -0.398 e. The first-order valence-corrected chi connectivity index (χ1v) is 8.42. The van der Waals surface area contributed by atoms with Gasteiger partial charge in [0.05, 0.1) is 16.8 Å². The number of hydrogen-bond donors (Lipinski definition) is 2. The van der Waals surface area contributed by atoms with Crippen LogP contribution >= 0.6 is 0 Å². The number of aryl methyl sites for hydroxylation is 2. The van der Waals surface area contributed by atoms with Crippen LogP contribution in [0.5, 0.6) is 0 Å². The maximum atomic E-state index is 13.1. The summed E-state index contributed by atoms with van der Waals surface area (Å²) in [5, 5.41) is 3.29.